The molecule has 2 aromatic carbocycles. The van der Waals surface area contributed by atoms with Gasteiger partial charge in [-0.05, 0) is 53.5 Å². The lowest BCUT2D eigenvalue weighted by Gasteiger charge is -2.16. The Morgan fingerprint density at radius 1 is 1.25 bits per heavy atom. The molecule has 0 spiro atoms. The molecular weight excluding hydrogens is 343 g/mol. The SMILES string of the molecule is CCOc1ccc(C)cc1C(Cl)c1ccc(Br)c(F)c1. The molecule has 0 bridgehead atoms. The van der Waals surface area contributed by atoms with E-state index in [2.05, 4.69) is 15.9 Å². The van der Waals surface area contributed by atoms with E-state index in [-0.39, 0.29) is 5.82 Å². The van der Waals surface area contributed by atoms with E-state index < -0.39 is 5.38 Å². The van der Waals surface area contributed by atoms with Crippen LogP contribution in [0.4, 0.5) is 4.39 Å². The Labute approximate surface area is 131 Å². The minimum atomic E-state index is -0.445. The number of halogens is 3. The largest absolute Gasteiger partial charge is 0.494 e. The van der Waals surface area contributed by atoms with Gasteiger partial charge in [-0.25, -0.2) is 4.39 Å². The van der Waals surface area contributed by atoms with Crippen molar-refractivity contribution in [1.29, 1.82) is 0 Å². The fraction of sp³-hybridized carbons (Fsp3) is 0.250. The van der Waals surface area contributed by atoms with Crippen LogP contribution in [0.3, 0.4) is 0 Å². The molecule has 0 saturated carbocycles. The third-order valence-corrected chi connectivity index (χ3v) is 4.10. The molecule has 0 aliphatic carbocycles. The van der Waals surface area contributed by atoms with Crippen LogP contribution < -0.4 is 4.74 Å². The van der Waals surface area contributed by atoms with Gasteiger partial charge >= 0.3 is 0 Å². The molecule has 1 unspecified atom stereocenters. The Hall–Kier alpha value is -1.06. The van der Waals surface area contributed by atoms with Crippen LogP contribution in [0.1, 0.15) is 29.0 Å². The summed E-state index contributed by atoms with van der Waals surface area (Å²) in [5.41, 5.74) is 2.65. The second-order valence-corrected chi connectivity index (χ2v) is 5.80. The second kappa shape index (κ2) is 6.59. The normalized spacial score (nSPS) is 12.2. The molecule has 0 N–H and O–H groups in total. The first-order valence-corrected chi connectivity index (χ1v) is 7.58. The van der Waals surface area contributed by atoms with Gasteiger partial charge in [0.05, 0.1) is 16.5 Å². The van der Waals surface area contributed by atoms with Gasteiger partial charge < -0.3 is 4.74 Å². The van der Waals surface area contributed by atoms with E-state index in [0.717, 1.165) is 16.9 Å². The highest BCUT2D eigenvalue weighted by molar-refractivity contribution is 9.10. The van der Waals surface area contributed by atoms with E-state index in [9.17, 15) is 4.39 Å². The Morgan fingerprint density at radius 2 is 2.00 bits per heavy atom. The maximum Gasteiger partial charge on any atom is 0.137 e. The van der Waals surface area contributed by atoms with Crippen molar-refractivity contribution in [3.8, 4) is 5.75 Å². The van der Waals surface area contributed by atoms with Crippen LogP contribution in [0.2, 0.25) is 0 Å². The highest BCUT2D eigenvalue weighted by Gasteiger charge is 2.17. The van der Waals surface area contributed by atoms with Crippen molar-refractivity contribution >= 4 is 27.5 Å². The van der Waals surface area contributed by atoms with E-state index in [1.54, 1.807) is 6.07 Å². The van der Waals surface area contributed by atoms with Gasteiger partial charge in [-0.1, -0.05) is 23.8 Å². The lowest BCUT2D eigenvalue weighted by molar-refractivity contribution is 0.336. The van der Waals surface area contributed by atoms with Crippen molar-refractivity contribution < 1.29 is 9.13 Å². The molecule has 0 amide bonds. The highest BCUT2D eigenvalue weighted by atomic mass is 79.9. The Bertz CT molecular complexity index is 615. The van der Waals surface area contributed by atoms with Gasteiger partial charge in [0.25, 0.3) is 0 Å². The average molecular weight is 358 g/mol. The van der Waals surface area contributed by atoms with Gasteiger partial charge in [0.1, 0.15) is 11.6 Å². The van der Waals surface area contributed by atoms with E-state index in [1.807, 2.05) is 38.1 Å². The van der Waals surface area contributed by atoms with Gasteiger partial charge in [-0.2, -0.15) is 0 Å². The summed E-state index contributed by atoms with van der Waals surface area (Å²) in [7, 11) is 0. The fourth-order valence-corrected chi connectivity index (χ4v) is 2.56. The number of hydrogen-bond donors (Lipinski definition) is 0. The average Bonchev–Trinajstić information content (AvgIpc) is 2.43. The van der Waals surface area contributed by atoms with E-state index in [4.69, 9.17) is 16.3 Å². The van der Waals surface area contributed by atoms with Crippen LogP contribution in [0.5, 0.6) is 5.75 Å². The van der Waals surface area contributed by atoms with E-state index in [0.29, 0.717) is 16.6 Å². The van der Waals surface area contributed by atoms with Gasteiger partial charge in [0.15, 0.2) is 0 Å². The molecule has 0 heterocycles. The molecule has 4 heteroatoms. The first kappa shape index (κ1) is 15.3. The zero-order valence-corrected chi connectivity index (χ0v) is 13.6. The van der Waals surface area contributed by atoms with Crippen LogP contribution in [0, 0.1) is 12.7 Å². The molecule has 0 fully saturated rings. The molecule has 1 nitrogen and oxygen atoms in total. The molecule has 2 aromatic rings. The smallest absolute Gasteiger partial charge is 0.137 e. The summed E-state index contributed by atoms with van der Waals surface area (Å²) in [6.07, 6.45) is 0. The number of benzene rings is 2. The van der Waals surface area contributed by atoms with Crippen LogP contribution in [-0.4, -0.2) is 6.61 Å². The predicted octanol–water partition coefficient (Wildman–Crippen LogP) is 5.62. The number of aryl methyl sites for hydroxylation is 1. The van der Waals surface area contributed by atoms with Crippen LogP contribution >= 0.6 is 27.5 Å². The van der Waals surface area contributed by atoms with Gasteiger partial charge in [-0.15, -0.1) is 11.6 Å². The number of ether oxygens (including phenoxy) is 1. The first-order chi connectivity index (χ1) is 9.52. The lowest BCUT2D eigenvalue weighted by atomic mass is 10.0. The summed E-state index contributed by atoms with van der Waals surface area (Å²) in [4.78, 5) is 0. The Balaban J connectivity index is 2.43. The fourth-order valence-electron chi connectivity index (χ4n) is 2.00. The van der Waals surface area contributed by atoms with E-state index >= 15 is 0 Å². The molecule has 0 aliphatic heterocycles. The van der Waals surface area contributed by atoms with Crippen molar-refractivity contribution in [3.63, 3.8) is 0 Å². The summed E-state index contributed by atoms with van der Waals surface area (Å²) in [5.74, 6) is 0.417. The minimum Gasteiger partial charge on any atom is -0.494 e. The molecule has 20 heavy (non-hydrogen) atoms. The molecule has 0 aliphatic rings. The summed E-state index contributed by atoms with van der Waals surface area (Å²) in [6.45, 7) is 4.48. The van der Waals surface area contributed by atoms with Crippen LogP contribution in [0.25, 0.3) is 0 Å². The summed E-state index contributed by atoms with van der Waals surface area (Å²) < 4.78 is 19.7. The zero-order chi connectivity index (χ0) is 14.7. The van der Waals surface area contributed by atoms with Gasteiger partial charge in [0, 0.05) is 5.56 Å². The maximum atomic E-state index is 13.6. The number of rotatable bonds is 4. The number of alkyl halides is 1. The summed E-state index contributed by atoms with van der Waals surface area (Å²) in [5, 5.41) is -0.445. The Kier molecular flexibility index (Phi) is 5.06. The van der Waals surface area contributed by atoms with E-state index in [1.165, 1.54) is 6.07 Å². The molecule has 2 rings (SSSR count). The molecule has 0 aromatic heterocycles. The lowest BCUT2D eigenvalue weighted by Crippen LogP contribution is -2.01. The second-order valence-electron chi connectivity index (χ2n) is 4.51. The number of hydrogen-bond acceptors (Lipinski definition) is 1. The predicted molar refractivity (Wildman–Crippen MR) is 84.1 cm³/mol. The minimum absolute atomic E-state index is 0.321. The summed E-state index contributed by atoms with van der Waals surface area (Å²) in [6, 6.07) is 10.8. The standard InChI is InChI=1S/C16H15BrClFO/c1-3-20-15-7-4-10(2)8-12(15)16(18)11-5-6-13(17)14(19)9-11/h4-9,16H,3H2,1-2H3. The van der Waals surface area contributed by atoms with Crippen LogP contribution in [0.15, 0.2) is 40.9 Å². The molecule has 0 radical (unpaired) electrons. The van der Waals surface area contributed by atoms with Crippen molar-refractivity contribution in [3.05, 3.63) is 63.4 Å². The van der Waals surface area contributed by atoms with Gasteiger partial charge in [-0.3, -0.25) is 0 Å². The third kappa shape index (κ3) is 3.33. The van der Waals surface area contributed by atoms with Gasteiger partial charge in [0.2, 0.25) is 0 Å². The van der Waals surface area contributed by atoms with Crippen molar-refractivity contribution in [2.45, 2.75) is 19.2 Å². The first-order valence-electron chi connectivity index (χ1n) is 6.35. The molecule has 106 valence electrons. The monoisotopic (exact) mass is 356 g/mol. The quantitative estimate of drug-likeness (QED) is 0.645. The van der Waals surface area contributed by atoms with Crippen molar-refractivity contribution in [2.75, 3.05) is 6.61 Å². The highest BCUT2D eigenvalue weighted by Crippen LogP contribution is 2.36. The molecular formula is C16H15BrClFO. The molecule has 1 atom stereocenters. The third-order valence-electron chi connectivity index (χ3n) is 2.97. The van der Waals surface area contributed by atoms with Crippen LogP contribution in [-0.2, 0) is 0 Å². The van der Waals surface area contributed by atoms with Crippen molar-refractivity contribution in [2.24, 2.45) is 0 Å². The maximum absolute atomic E-state index is 13.6. The Morgan fingerprint density at radius 3 is 2.65 bits per heavy atom. The topological polar surface area (TPSA) is 9.23 Å². The molecule has 0 saturated heterocycles. The van der Waals surface area contributed by atoms with Crippen molar-refractivity contribution in [1.82, 2.24) is 0 Å². The zero-order valence-electron chi connectivity index (χ0n) is 11.3. The summed E-state index contributed by atoms with van der Waals surface area (Å²) >= 11 is 9.65.